The molecule has 0 aliphatic rings. The summed E-state index contributed by atoms with van der Waals surface area (Å²) in [5, 5.41) is 12.6. The van der Waals surface area contributed by atoms with E-state index in [1.54, 1.807) is 19.1 Å². The molecule has 14 heavy (non-hydrogen) atoms. The average Bonchev–Trinajstić information content (AvgIpc) is 2.02. The van der Waals surface area contributed by atoms with Gasteiger partial charge in [0.2, 0.25) is 0 Å². The molecule has 0 bridgehead atoms. The van der Waals surface area contributed by atoms with E-state index in [-0.39, 0.29) is 11.2 Å². The van der Waals surface area contributed by atoms with Gasteiger partial charge in [-0.1, -0.05) is 20.8 Å². The van der Waals surface area contributed by atoms with Crippen molar-refractivity contribution >= 4 is 5.69 Å². The lowest BCUT2D eigenvalue weighted by atomic mass is 9.85. The number of phenolic OH excluding ortho intramolecular Hbond substituents is 1. The molecule has 1 N–H and O–H groups in total. The van der Waals surface area contributed by atoms with Gasteiger partial charge >= 0.3 is 0 Å². The van der Waals surface area contributed by atoms with Crippen LogP contribution in [0, 0.1) is 11.8 Å². The van der Waals surface area contributed by atoms with Crippen molar-refractivity contribution < 1.29 is 5.11 Å². The van der Waals surface area contributed by atoms with Gasteiger partial charge in [-0.15, -0.1) is 4.91 Å². The molecule has 76 valence electrons. The van der Waals surface area contributed by atoms with Crippen LogP contribution in [0.25, 0.3) is 0 Å². The third kappa shape index (κ3) is 1.92. The number of hydrogen-bond donors (Lipinski definition) is 1. The van der Waals surface area contributed by atoms with E-state index in [4.69, 9.17) is 0 Å². The second-order valence-electron chi connectivity index (χ2n) is 4.50. The van der Waals surface area contributed by atoms with Crippen molar-refractivity contribution in [2.24, 2.45) is 5.18 Å². The number of aromatic hydroxyl groups is 1. The van der Waals surface area contributed by atoms with Crippen molar-refractivity contribution in [1.29, 1.82) is 0 Å². The molecule has 0 spiro atoms. The fourth-order valence-corrected chi connectivity index (χ4v) is 1.38. The highest BCUT2D eigenvalue weighted by atomic mass is 16.3. The smallest absolute Gasteiger partial charge is 0.119 e. The monoisotopic (exact) mass is 193 g/mol. The van der Waals surface area contributed by atoms with E-state index in [1.807, 2.05) is 20.8 Å². The summed E-state index contributed by atoms with van der Waals surface area (Å²) >= 11 is 0. The molecule has 3 heteroatoms. The Balaban J connectivity index is 3.39. The van der Waals surface area contributed by atoms with Crippen molar-refractivity contribution in [1.82, 2.24) is 0 Å². The molecule has 0 atom stereocenters. The lowest BCUT2D eigenvalue weighted by Crippen LogP contribution is -2.11. The second-order valence-corrected chi connectivity index (χ2v) is 4.50. The summed E-state index contributed by atoms with van der Waals surface area (Å²) in [6, 6.07) is 3.23. The maximum atomic E-state index is 10.5. The number of nitroso groups, excluding NO2 is 1. The summed E-state index contributed by atoms with van der Waals surface area (Å²) in [5.74, 6) is 0.224. The highest BCUT2D eigenvalue weighted by Crippen LogP contribution is 2.35. The zero-order chi connectivity index (χ0) is 10.9. The Morgan fingerprint density at radius 2 is 1.86 bits per heavy atom. The standard InChI is InChI=1S/C11H15NO2/c1-7-5-10(13)8(11(2,3)4)6-9(7)12-14/h5-6,13H,1-4H3. The van der Waals surface area contributed by atoms with Crippen molar-refractivity contribution in [2.45, 2.75) is 33.1 Å². The second kappa shape index (κ2) is 3.40. The molecule has 0 unspecified atom stereocenters. The van der Waals surface area contributed by atoms with Gasteiger partial charge in [0.15, 0.2) is 0 Å². The molecule has 0 aliphatic heterocycles. The van der Waals surface area contributed by atoms with Crippen LogP contribution in [0.5, 0.6) is 5.75 Å². The fraction of sp³-hybridized carbons (Fsp3) is 0.455. The molecule has 0 amide bonds. The van der Waals surface area contributed by atoms with E-state index in [9.17, 15) is 10.0 Å². The first kappa shape index (κ1) is 10.7. The van der Waals surface area contributed by atoms with Gasteiger partial charge in [-0.2, -0.15) is 0 Å². The topological polar surface area (TPSA) is 49.7 Å². The van der Waals surface area contributed by atoms with Gasteiger partial charge in [-0.05, 0) is 35.2 Å². The van der Waals surface area contributed by atoms with Crippen LogP contribution in [0.15, 0.2) is 17.3 Å². The molecule has 0 saturated heterocycles. The number of phenols is 1. The molecule has 1 rings (SSSR count). The lowest BCUT2D eigenvalue weighted by molar-refractivity contribution is 0.446. The van der Waals surface area contributed by atoms with E-state index in [0.717, 1.165) is 5.56 Å². The van der Waals surface area contributed by atoms with Gasteiger partial charge in [0.25, 0.3) is 0 Å². The average molecular weight is 193 g/mol. The van der Waals surface area contributed by atoms with E-state index in [1.165, 1.54) is 0 Å². The van der Waals surface area contributed by atoms with Crippen LogP contribution in [0.4, 0.5) is 5.69 Å². The Morgan fingerprint density at radius 1 is 1.29 bits per heavy atom. The van der Waals surface area contributed by atoms with Crippen molar-refractivity contribution in [3.8, 4) is 5.75 Å². The minimum atomic E-state index is -0.183. The van der Waals surface area contributed by atoms with Crippen LogP contribution in [-0.4, -0.2) is 5.11 Å². The lowest BCUT2D eigenvalue weighted by Gasteiger charge is -2.20. The van der Waals surface area contributed by atoms with Crippen molar-refractivity contribution in [3.05, 3.63) is 28.2 Å². The first-order valence-electron chi connectivity index (χ1n) is 4.53. The van der Waals surface area contributed by atoms with Crippen LogP contribution in [0.2, 0.25) is 0 Å². The minimum Gasteiger partial charge on any atom is -0.508 e. The van der Waals surface area contributed by atoms with Gasteiger partial charge in [0, 0.05) is 5.56 Å². The van der Waals surface area contributed by atoms with Gasteiger partial charge < -0.3 is 5.11 Å². The molecule has 0 radical (unpaired) electrons. The Bertz CT molecular complexity index is 364. The van der Waals surface area contributed by atoms with Gasteiger partial charge in [-0.25, -0.2) is 0 Å². The quantitative estimate of drug-likeness (QED) is 0.695. The molecule has 3 nitrogen and oxygen atoms in total. The summed E-state index contributed by atoms with van der Waals surface area (Å²) < 4.78 is 0. The predicted octanol–water partition coefficient (Wildman–Crippen LogP) is 3.40. The van der Waals surface area contributed by atoms with Gasteiger partial charge in [0.1, 0.15) is 11.4 Å². The summed E-state index contributed by atoms with van der Waals surface area (Å²) in [5.41, 5.74) is 1.66. The SMILES string of the molecule is Cc1cc(O)c(C(C)(C)C)cc1N=O. The summed E-state index contributed by atoms with van der Waals surface area (Å²) in [6.45, 7) is 7.69. The van der Waals surface area contributed by atoms with Crippen LogP contribution >= 0.6 is 0 Å². The normalized spacial score (nSPS) is 11.4. The first-order valence-corrected chi connectivity index (χ1v) is 4.53. The summed E-state index contributed by atoms with van der Waals surface area (Å²) in [7, 11) is 0. The van der Waals surface area contributed by atoms with Crippen LogP contribution in [0.3, 0.4) is 0 Å². The number of rotatable bonds is 1. The Morgan fingerprint density at radius 3 is 2.29 bits per heavy atom. The Kier molecular flexibility index (Phi) is 2.60. The first-order chi connectivity index (χ1) is 6.36. The fourth-order valence-electron chi connectivity index (χ4n) is 1.38. The highest BCUT2D eigenvalue weighted by molar-refractivity contribution is 5.54. The Hall–Kier alpha value is -1.38. The third-order valence-corrected chi connectivity index (χ3v) is 2.22. The molecule has 1 aromatic rings. The molecule has 0 saturated carbocycles. The van der Waals surface area contributed by atoms with E-state index in [2.05, 4.69) is 5.18 Å². The van der Waals surface area contributed by atoms with Crippen molar-refractivity contribution in [2.75, 3.05) is 0 Å². The molecule has 0 aliphatic carbocycles. The van der Waals surface area contributed by atoms with E-state index >= 15 is 0 Å². The molecule has 0 fully saturated rings. The zero-order valence-corrected chi connectivity index (χ0v) is 8.96. The summed E-state index contributed by atoms with van der Waals surface area (Å²) in [6.07, 6.45) is 0. The minimum absolute atomic E-state index is 0.183. The Labute approximate surface area is 83.7 Å². The van der Waals surface area contributed by atoms with Crippen LogP contribution < -0.4 is 0 Å². The maximum absolute atomic E-state index is 10.5. The summed E-state index contributed by atoms with van der Waals surface area (Å²) in [4.78, 5) is 10.5. The number of aryl methyl sites for hydroxylation is 1. The molecule has 1 aromatic carbocycles. The van der Waals surface area contributed by atoms with E-state index < -0.39 is 0 Å². The number of benzene rings is 1. The molecular formula is C11H15NO2. The number of hydrogen-bond acceptors (Lipinski definition) is 3. The van der Waals surface area contributed by atoms with E-state index in [0.29, 0.717) is 11.3 Å². The maximum Gasteiger partial charge on any atom is 0.119 e. The highest BCUT2D eigenvalue weighted by Gasteiger charge is 2.19. The van der Waals surface area contributed by atoms with Crippen molar-refractivity contribution in [3.63, 3.8) is 0 Å². The molecular weight excluding hydrogens is 178 g/mol. The van der Waals surface area contributed by atoms with Crippen LogP contribution in [0.1, 0.15) is 31.9 Å². The predicted molar refractivity (Wildman–Crippen MR) is 57.0 cm³/mol. The largest absolute Gasteiger partial charge is 0.508 e. The third-order valence-electron chi connectivity index (χ3n) is 2.22. The molecule has 0 heterocycles. The van der Waals surface area contributed by atoms with Gasteiger partial charge in [-0.3, -0.25) is 0 Å². The van der Waals surface area contributed by atoms with Crippen LogP contribution in [-0.2, 0) is 5.41 Å². The van der Waals surface area contributed by atoms with Gasteiger partial charge in [0.05, 0.1) is 0 Å². The number of nitrogens with zero attached hydrogens (tertiary/aromatic N) is 1. The zero-order valence-electron chi connectivity index (χ0n) is 8.96. The molecule has 0 aromatic heterocycles.